The van der Waals surface area contributed by atoms with Crippen molar-refractivity contribution in [1.29, 1.82) is 0 Å². The van der Waals surface area contributed by atoms with Crippen LogP contribution in [-0.4, -0.2) is 20.2 Å². The molecule has 0 bridgehead atoms. The highest BCUT2D eigenvalue weighted by molar-refractivity contribution is 6.17. The average Bonchev–Trinajstić information content (AvgIpc) is 2.53. The van der Waals surface area contributed by atoms with Crippen LogP contribution in [0.5, 0.6) is 11.5 Å². The number of esters is 1. The lowest BCUT2D eigenvalue weighted by molar-refractivity contribution is -0.133. The van der Waals surface area contributed by atoms with Gasteiger partial charge in [-0.1, -0.05) is 24.3 Å². The maximum Gasteiger partial charge on any atom is 0.341 e. The van der Waals surface area contributed by atoms with Crippen molar-refractivity contribution in [2.75, 3.05) is 20.0 Å². The molecule has 0 aromatic heterocycles. The standard InChI is InChI=1S/C17H17NO4/c1-20-11-15(17(19)21-2)14-8-3-4-9-16(14)22-13-7-5-6-12(18)10-13/h3-11H,18H2,1-2H3/b15-11+. The lowest BCUT2D eigenvalue weighted by Gasteiger charge is -2.12. The lowest BCUT2D eigenvalue weighted by atomic mass is 10.1. The Balaban J connectivity index is 2.41. The average molecular weight is 299 g/mol. The van der Waals surface area contributed by atoms with E-state index in [2.05, 4.69) is 0 Å². The minimum absolute atomic E-state index is 0.268. The Morgan fingerprint density at radius 2 is 1.86 bits per heavy atom. The predicted molar refractivity (Wildman–Crippen MR) is 84.4 cm³/mol. The van der Waals surface area contributed by atoms with Crippen LogP contribution in [0.25, 0.3) is 5.57 Å². The number of rotatable bonds is 5. The van der Waals surface area contributed by atoms with E-state index in [0.29, 0.717) is 22.7 Å². The topological polar surface area (TPSA) is 70.8 Å². The van der Waals surface area contributed by atoms with Crippen molar-refractivity contribution in [2.24, 2.45) is 0 Å². The number of methoxy groups -OCH3 is 2. The second-order valence-corrected chi connectivity index (χ2v) is 4.43. The molecule has 0 radical (unpaired) electrons. The summed E-state index contributed by atoms with van der Waals surface area (Å²) in [6, 6.07) is 14.2. The normalized spacial score (nSPS) is 10.9. The van der Waals surface area contributed by atoms with Crippen molar-refractivity contribution in [1.82, 2.24) is 0 Å². The van der Waals surface area contributed by atoms with Crippen LogP contribution >= 0.6 is 0 Å². The Hall–Kier alpha value is -2.95. The molecule has 2 rings (SSSR count). The highest BCUT2D eigenvalue weighted by atomic mass is 16.5. The van der Waals surface area contributed by atoms with E-state index in [1.807, 2.05) is 6.07 Å². The van der Waals surface area contributed by atoms with E-state index in [1.165, 1.54) is 20.5 Å². The highest BCUT2D eigenvalue weighted by Crippen LogP contribution is 2.31. The monoisotopic (exact) mass is 299 g/mol. The number of anilines is 1. The van der Waals surface area contributed by atoms with E-state index >= 15 is 0 Å². The number of para-hydroxylation sites is 1. The molecule has 5 nitrogen and oxygen atoms in total. The molecule has 2 aromatic carbocycles. The van der Waals surface area contributed by atoms with Gasteiger partial charge in [0, 0.05) is 17.3 Å². The molecule has 2 aromatic rings. The van der Waals surface area contributed by atoms with Crippen LogP contribution in [0.1, 0.15) is 5.56 Å². The van der Waals surface area contributed by atoms with E-state index in [9.17, 15) is 4.79 Å². The second-order valence-electron chi connectivity index (χ2n) is 4.43. The Kier molecular flexibility index (Phi) is 5.03. The van der Waals surface area contributed by atoms with Crippen molar-refractivity contribution in [3.05, 3.63) is 60.4 Å². The molecule has 0 spiro atoms. The molecule has 0 fully saturated rings. The quantitative estimate of drug-likeness (QED) is 0.397. The fourth-order valence-corrected chi connectivity index (χ4v) is 1.93. The first-order valence-electron chi connectivity index (χ1n) is 6.59. The summed E-state index contributed by atoms with van der Waals surface area (Å²) in [5, 5.41) is 0. The van der Waals surface area contributed by atoms with Crippen LogP contribution in [-0.2, 0) is 14.3 Å². The van der Waals surface area contributed by atoms with Gasteiger partial charge in [0.25, 0.3) is 0 Å². The minimum atomic E-state index is -0.509. The van der Waals surface area contributed by atoms with Gasteiger partial charge in [-0.15, -0.1) is 0 Å². The number of carbonyl (C=O) groups excluding carboxylic acids is 1. The van der Waals surface area contributed by atoms with E-state index in [-0.39, 0.29) is 5.57 Å². The number of hydrogen-bond donors (Lipinski definition) is 1. The largest absolute Gasteiger partial charge is 0.503 e. The van der Waals surface area contributed by atoms with Crippen LogP contribution in [0.3, 0.4) is 0 Å². The van der Waals surface area contributed by atoms with Crippen molar-refractivity contribution in [2.45, 2.75) is 0 Å². The maximum absolute atomic E-state index is 11.9. The molecule has 5 heteroatoms. The minimum Gasteiger partial charge on any atom is -0.503 e. The van der Waals surface area contributed by atoms with Crippen LogP contribution in [0, 0.1) is 0 Å². The van der Waals surface area contributed by atoms with Gasteiger partial charge in [0.1, 0.15) is 17.1 Å². The first kappa shape index (κ1) is 15.4. The molecule has 114 valence electrons. The van der Waals surface area contributed by atoms with Gasteiger partial charge in [-0.25, -0.2) is 4.79 Å². The summed E-state index contributed by atoms with van der Waals surface area (Å²) in [5.41, 5.74) is 7.17. The molecule has 0 aliphatic carbocycles. The van der Waals surface area contributed by atoms with Crippen LogP contribution in [0.4, 0.5) is 5.69 Å². The zero-order chi connectivity index (χ0) is 15.9. The van der Waals surface area contributed by atoms with Crippen LogP contribution in [0.15, 0.2) is 54.8 Å². The first-order valence-corrected chi connectivity index (χ1v) is 6.59. The summed E-state index contributed by atoms with van der Waals surface area (Å²) < 4.78 is 15.6. The van der Waals surface area contributed by atoms with Crippen LogP contribution < -0.4 is 10.5 Å². The van der Waals surface area contributed by atoms with Crippen molar-refractivity contribution in [3.63, 3.8) is 0 Å². The Labute approximate surface area is 128 Å². The van der Waals surface area contributed by atoms with Gasteiger partial charge in [0.05, 0.1) is 20.5 Å². The van der Waals surface area contributed by atoms with Gasteiger partial charge in [0.2, 0.25) is 0 Å². The smallest absolute Gasteiger partial charge is 0.341 e. The zero-order valence-corrected chi connectivity index (χ0v) is 12.4. The number of hydrogen-bond acceptors (Lipinski definition) is 5. The second kappa shape index (κ2) is 7.17. The van der Waals surface area contributed by atoms with Gasteiger partial charge >= 0.3 is 5.97 Å². The maximum atomic E-state index is 11.9. The number of benzene rings is 2. The Morgan fingerprint density at radius 1 is 1.09 bits per heavy atom. The van der Waals surface area contributed by atoms with Gasteiger partial charge < -0.3 is 19.9 Å². The van der Waals surface area contributed by atoms with Crippen molar-refractivity contribution >= 4 is 17.2 Å². The zero-order valence-electron chi connectivity index (χ0n) is 12.4. The van der Waals surface area contributed by atoms with Crippen molar-refractivity contribution in [3.8, 4) is 11.5 Å². The molecule has 0 aliphatic rings. The third-order valence-corrected chi connectivity index (χ3v) is 2.90. The number of nitrogens with two attached hydrogens (primary N) is 1. The molecule has 0 heterocycles. The first-order chi connectivity index (χ1) is 10.7. The third kappa shape index (κ3) is 3.58. The van der Waals surface area contributed by atoms with E-state index < -0.39 is 5.97 Å². The molecule has 0 saturated carbocycles. The summed E-state index contributed by atoms with van der Waals surface area (Å²) in [4.78, 5) is 11.9. The number of carbonyl (C=O) groups is 1. The van der Waals surface area contributed by atoms with Gasteiger partial charge in [0.15, 0.2) is 0 Å². The molecular formula is C17H17NO4. The predicted octanol–water partition coefficient (Wildman–Crippen LogP) is 3.22. The summed E-state index contributed by atoms with van der Waals surface area (Å²) >= 11 is 0. The van der Waals surface area contributed by atoms with Gasteiger partial charge in [-0.05, 0) is 18.2 Å². The van der Waals surface area contributed by atoms with Crippen LogP contribution in [0.2, 0.25) is 0 Å². The highest BCUT2D eigenvalue weighted by Gasteiger charge is 2.17. The fourth-order valence-electron chi connectivity index (χ4n) is 1.93. The Bertz CT molecular complexity index is 695. The lowest BCUT2D eigenvalue weighted by Crippen LogP contribution is -2.05. The molecule has 0 unspecified atom stereocenters. The third-order valence-electron chi connectivity index (χ3n) is 2.90. The van der Waals surface area contributed by atoms with Crippen molar-refractivity contribution < 1.29 is 19.0 Å². The number of nitrogen functional groups attached to an aromatic ring is 1. The Morgan fingerprint density at radius 3 is 2.55 bits per heavy atom. The molecule has 0 amide bonds. The summed E-state index contributed by atoms with van der Waals surface area (Å²) in [6.07, 6.45) is 1.33. The summed E-state index contributed by atoms with van der Waals surface area (Å²) in [6.45, 7) is 0. The molecular weight excluding hydrogens is 282 g/mol. The summed E-state index contributed by atoms with van der Waals surface area (Å²) in [7, 11) is 2.78. The summed E-state index contributed by atoms with van der Waals surface area (Å²) in [5.74, 6) is 0.571. The molecule has 0 saturated heterocycles. The molecule has 22 heavy (non-hydrogen) atoms. The number of ether oxygens (including phenoxy) is 3. The molecule has 2 N–H and O–H groups in total. The van der Waals surface area contributed by atoms with E-state index in [0.717, 1.165) is 0 Å². The van der Waals surface area contributed by atoms with Gasteiger partial charge in [-0.2, -0.15) is 0 Å². The fraction of sp³-hybridized carbons (Fsp3) is 0.118. The molecule has 0 atom stereocenters. The van der Waals surface area contributed by atoms with E-state index in [4.69, 9.17) is 19.9 Å². The molecule has 0 aliphatic heterocycles. The van der Waals surface area contributed by atoms with Gasteiger partial charge in [-0.3, -0.25) is 0 Å². The SMILES string of the molecule is CO/C=C(/C(=O)OC)c1ccccc1Oc1cccc(N)c1. The van der Waals surface area contributed by atoms with E-state index in [1.54, 1.807) is 42.5 Å².